The van der Waals surface area contributed by atoms with E-state index in [4.69, 9.17) is 9.47 Å². The monoisotopic (exact) mass is 587 g/mol. The van der Waals surface area contributed by atoms with Crippen molar-refractivity contribution in [2.45, 2.75) is 106 Å². The Morgan fingerprint density at radius 2 is 1.38 bits per heavy atom. The van der Waals surface area contributed by atoms with Crippen LogP contribution >= 0.6 is 0 Å². The highest BCUT2D eigenvalue weighted by Gasteiger charge is 2.49. The zero-order chi connectivity index (χ0) is 32.1. The van der Waals surface area contributed by atoms with Gasteiger partial charge in [-0.2, -0.15) is 13.2 Å². The number of esters is 1. The summed E-state index contributed by atoms with van der Waals surface area (Å²) in [5, 5.41) is 0.809. The molecule has 0 saturated carbocycles. The highest BCUT2D eigenvalue weighted by Crippen LogP contribution is 2.48. The first-order valence-electron chi connectivity index (χ1n) is 14.5. The molecule has 4 nitrogen and oxygen atoms in total. The van der Waals surface area contributed by atoms with Gasteiger partial charge in [-0.25, -0.2) is 0 Å². The lowest BCUT2D eigenvalue weighted by Crippen LogP contribution is -2.48. The van der Waals surface area contributed by atoms with Crippen LogP contribution in [0.15, 0.2) is 48.5 Å². The number of hydrogen-bond donors (Lipinski definition) is 0. The lowest BCUT2D eigenvalue weighted by Gasteiger charge is -2.45. The average molecular weight is 588 g/mol. The zero-order valence-electron chi connectivity index (χ0n) is 27.3. The van der Waals surface area contributed by atoms with Gasteiger partial charge in [-0.15, -0.1) is 0 Å². The molecule has 1 aromatic heterocycles. The molecule has 0 amide bonds. The Hall–Kier alpha value is -2.96. The molecular weight excluding hydrogens is 539 g/mol. The van der Waals surface area contributed by atoms with E-state index in [9.17, 15) is 18.0 Å². The standard InChI is InChI=1S/C35H48F3NO3/c1-30(2,3)21-34(11,31(4,5)6)29(40)42-33(9,10)22-32(7,8)41-24-18-17-23-19-28(39(12)27(23)20-24)25-15-13-14-16-26(25)35(36,37)38/h13-20H,21-22H2,1-12H3. The third-order valence-corrected chi connectivity index (χ3v) is 8.13. The molecule has 0 spiro atoms. The molecule has 2 aromatic carbocycles. The summed E-state index contributed by atoms with van der Waals surface area (Å²) in [5.74, 6) is 0.362. The molecule has 0 aliphatic rings. The summed E-state index contributed by atoms with van der Waals surface area (Å²) >= 11 is 0. The molecule has 0 N–H and O–H groups in total. The van der Waals surface area contributed by atoms with Crippen LogP contribution < -0.4 is 4.74 Å². The Labute approximate surface area is 249 Å². The zero-order valence-corrected chi connectivity index (χ0v) is 27.3. The Bertz CT molecular complexity index is 1430. The van der Waals surface area contributed by atoms with Gasteiger partial charge in [-0.3, -0.25) is 4.79 Å². The Balaban J connectivity index is 1.85. The van der Waals surface area contributed by atoms with E-state index in [0.717, 1.165) is 17.0 Å². The predicted molar refractivity (Wildman–Crippen MR) is 164 cm³/mol. The number of benzene rings is 2. The summed E-state index contributed by atoms with van der Waals surface area (Å²) in [6.45, 7) is 22.3. The van der Waals surface area contributed by atoms with Gasteiger partial charge in [0.2, 0.25) is 0 Å². The van der Waals surface area contributed by atoms with Crippen molar-refractivity contribution in [2.75, 3.05) is 0 Å². The molecule has 0 fully saturated rings. The van der Waals surface area contributed by atoms with Gasteiger partial charge in [0.05, 0.1) is 16.5 Å². The molecule has 42 heavy (non-hydrogen) atoms. The van der Waals surface area contributed by atoms with Crippen LogP contribution in [0.5, 0.6) is 5.75 Å². The average Bonchev–Trinajstić information content (AvgIpc) is 3.11. The van der Waals surface area contributed by atoms with E-state index in [-0.39, 0.29) is 22.4 Å². The minimum absolute atomic E-state index is 0.0577. The number of hydrogen-bond acceptors (Lipinski definition) is 3. The fourth-order valence-corrected chi connectivity index (χ4v) is 6.07. The number of fused-ring (bicyclic) bond motifs is 1. The lowest BCUT2D eigenvalue weighted by atomic mass is 9.61. The third kappa shape index (κ3) is 7.51. The van der Waals surface area contributed by atoms with E-state index in [1.54, 1.807) is 23.7 Å². The molecule has 1 atom stereocenters. The van der Waals surface area contributed by atoms with Crippen LogP contribution in [-0.2, 0) is 22.8 Å². The molecule has 1 heterocycles. The van der Waals surface area contributed by atoms with Gasteiger partial charge in [-0.1, -0.05) is 59.7 Å². The summed E-state index contributed by atoms with van der Waals surface area (Å²) < 4.78 is 55.6. The summed E-state index contributed by atoms with van der Waals surface area (Å²) in [7, 11) is 1.76. The Morgan fingerprint density at radius 1 is 0.786 bits per heavy atom. The number of carbonyl (C=O) groups excluding carboxylic acids is 1. The number of rotatable bonds is 8. The number of nitrogens with zero attached hydrogens (tertiary/aromatic N) is 1. The highest BCUT2D eigenvalue weighted by atomic mass is 19.4. The minimum Gasteiger partial charge on any atom is -0.488 e. The molecule has 0 saturated heterocycles. The first-order valence-corrected chi connectivity index (χ1v) is 14.5. The van der Waals surface area contributed by atoms with Crippen molar-refractivity contribution in [2.24, 2.45) is 23.3 Å². The van der Waals surface area contributed by atoms with Gasteiger partial charge >= 0.3 is 12.1 Å². The van der Waals surface area contributed by atoms with Crippen LogP contribution in [0.2, 0.25) is 0 Å². The van der Waals surface area contributed by atoms with Gasteiger partial charge < -0.3 is 14.0 Å². The summed E-state index contributed by atoms with van der Waals surface area (Å²) in [6.07, 6.45) is -3.35. The molecule has 3 rings (SSSR count). The summed E-state index contributed by atoms with van der Waals surface area (Å²) in [4.78, 5) is 13.7. The molecule has 0 radical (unpaired) electrons. The maximum Gasteiger partial charge on any atom is 0.417 e. The van der Waals surface area contributed by atoms with Gasteiger partial charge in [-0.05, 0) is 76.1 Å². The second kappa shape index (κ2) is 10.9. The normalized spacial score (nSPS) is 15.0. The van der Waals surface area contributed by atoms with Crippen molar-refractivity contribution >= 4 is 16.9 Å². The van der Waals surface area contributed by atoms with Crippen molar-refractivity contribution in [3.8, 4) is 17.0 Å². The number of halogens is 3. The summed E-state index contributed by atoms with van der Waals surface area (Å²) in [6, 6.07) is 12.9. The Morgan fingerprint density at radius 3 is 1.93 bits per heavy atom. The predicted octanol–water partition coefficient (Wildman–Crippen LogP) is 10.2. The largest absolute Gasteiger partial charge is 0.488 e. The highest BCUT2D eigenvalue weighted by molar-refractivity contribution is 5.88. The van der Waals surface area contributed by atoms with Gasteiger partial charge in [0.25, 0.3) is 0 Å². The molecule has 1 unspecified atom stereocenters. The van der Waals surface area contributed by atoms with Crippen LogP contribution in [-0.4, -0.2) is 21.7 Å². The third-order valence-electron chi connectivity index (χ3n) is 8.13. The van der Waals surface area contributed by atoms with E-state index in [1.807, 2.05) is 52.8 Å². The van der Waals surface area contributed by atoms with Crippen LogP contribution in [0.4, 0.5) is 13.2 Å². The van der Waals surface area contributed by atoms with E-state index in [0.29, 0.717) is 24.3 Å². The van der Waals surface area contributed by atoms with Crippen molar-refractivity contribution < 1.29 is 27.4 Å². The quantitative estimate of drug-likeness (QED) is 0.246. The van der Waals surface area contributed by atoms with Gasteiger partial charge in [0.15, 0.2) is 0 Å². The van der Waals surface area contributed by atoms with Crippen LogP contribution in [0.1, 0.15) is 94.6 Å². The van der Waals surface area contributed by atoms with Crippen molar-refractivity contribution in [1.82, 2.24) is 4.57 Å². The topological polar surface area (TPSA) is 40.5 Å². The first-order chi connectivity index (χ1) is 18.9. The van der Waals surface area contributed by atoms with E-state index in [2.05, 4.69) is 41.5 Å². The number of ether oxygens (including phenoxy) is 2. The van der Waals surface area contributed by atoms with Gasteiger partial charge in [0.1, 0.15) is 17.0 Å². The van der Waals surface area contributed by atoms with E-state index in [1.165, 1.54) is 12.1 Å². The first kappa shape index (κ1) is 33.5. The van der Waals surface area contributed by atoms with Crippen molar-refractivity contribution in [3.05, 3.63) is 54.1 Å². The SMILES string of the molecule is Cn1c(-c2ccccc2C(F)(F)F)cc2ccc(OC(C)(C)CC(C)(C)OC(=O)C(C)(CC(C)(C)C)C(C)(C)C)cc21. The second-order valence-corrected chi connectivity index (χ2v) is 15.4. The maximum absolute atomic E-state index is 13.7. The smallest absolute Gasteiger partial charge is 0.417 e. The lowest BCUT2D eigenvalue weighted by molar-refractivity contribution is -0.181. The van der Waals surface area contributed by atoms with E-state index >= 15 is 0 Å². The molecule has 0 aliphatic heterocycles. The Kier molecular flexibility index (Phi) is 8.74. The molecule has 7 heteroatoms. The number of aromatic nitrogens is 1. The van der Waals surface area contributed by atoms with Crippen LogP contribution in [0.25, 0.3) is 22.2 Å². The van der Waals surface area contributed by atoms with Gasteiger partial charge in [0, 0.05) is 36.2 Å². The molecule has 0 aliphatic carbocycles. The molecule has 3 aromatic rings. The van der Waals surface area contributed by atoms with Crippen LogP contribution in [0, 0.1) is 16.2 Å². The number of alkyl halides is 3. The van der Waals surface area contributed by atoms with Crippen LogP contribution in [0.3, 0.4) is 0 Å². The fourth-order valence-electron chi connectivity index (χ4n) is 6.07. The fraction of sp³-hybridized carbons (Fsp3) is 0.571. The number of aryl methyl sites for hydroxylation is 1. The molecular formula is C35H48F3NO3. The van der Waals surface area contributed by atoms with Crippen molar-refractivity contribution in [1.29, 1.82) is 0 Å². The minimum atomic E-state index is -4.46. The summed E-state index contributed by atoms with van der Waals surface area (Å²) in [5.41, 5.74) is -1.89. The second-order valence-electron chi connectivity index (χ2n) is 15.4. The molecule has 0 bridgehead atoms. The molecule has 232 valence electrons. The number of carbonyl (C=O) groups is 1. The van der Waals surface area contributed by atoms with Crippen molar-refractivity contribution in [3.63, 3.8) is 0 Å². The van der Waals surface area contributed by atoms with E-state index < -0.39 is 28.4 Å². The maximum atomic E-state index is 13.7.